The van der Waals surface area contributed by atoms with Crippen LogP contribution in [0.1, 0.15) is 11.4 Å². The van der Waals surface area contributed by atoms with Crippen LogP contribution >= 0.6 is 23.2 Å². The van der Waals surface area contributed by atoms with E-state index in [1.165, 1.54) is 0 Å². The first-order valence-electron chi connectivity index (χ1n) is 5.27. The highest BCUT2D eigenvalue weighted by molar-refractivity contribution is 6.17. The maximum absolute atomic E-state index is 5.72. The Labute approximate surface area is 113 Å². The van der Waals surface area contributed by atoms with Gasteiger partial charge in [-0.05, 0) is 24.3 Å². The third kappa shape index (κ3) is 1.98. The molecule has 0 saturated carbocycles. The molecule has 2 aromatic heterocycles. The normalized spacial score (nSPS) is 12.1. The molecule has 4 nitrogen and oxygen atoms in total. The molecule has 6 heteroatoms. The van der Waals surface area contributed by atoms with Gasteiger partial charge >= 0.3 is 0 Å². The van der Waals surface area contributed by atoms with E-state index in [0.717, 1.165) is 11.4 Å². The van der Waals surface area contributed by atoms with Gasteiger partial charge in [-0.2, -0.15) is 0 Å². The summed E-state index contributed by atoms with van der Waals surface area (Å²) in [4.78, 5) is 8.48. The van der Waals surface area contributed by atoms with Crippen LogP contribution in [0.5, 0.6) is 23.3 Å². The number of aromatic nitrogens is 2. The number of alkyl halides is 2. The molecule has 0 aliphatic carbocycles. The molecule has 0 aromatic carbocycles. The lowest BCUT2D eigenvalue weighted by atomic mass is 10.3. The Morgan fingerprint density at radius 3 is 1.61 bits per heavy atom. The fourth-order valence-corrected chi connectivity index (χ4v) is 1.89. The number of nitrogens with zero attached hydrogens (tertiary/aromatic N) is 2. The number of fused-ring (bicyclic) bond motifs is 2. The third-order valence-electron chi connectivity index (χ3n) is 2.45. The summed E-state index contributed by atoms with van der Waals surface area (Å²) in [6, 6.07) is 7.09. The minimum absolute atomic E-state index is 0.326. The maximum atomic E-state index is 5.72. The lowest BCUT2D eigenvalue weighted by molar-refractivity contribution is 0.335. The molecule has 3 heterocycles. The molecule has 0 unspecified atom stereocenters. The quantitative estimate of drug-likeness (QED) is 0.670. The van der Waals surface area contributed by atoms with E-state index in [1.54, 1.807) is 24.3 Å². The van der Waals surface area contributed by atoms with Crippen LogP contribution in [-0.2, 0) is 11.8 Å². The van der Waals surface area contributed by atoms with E-state index in [9.17, 15) is 0 Å². The highest BCUT2D eigenvalue weighted by Crippen LogP contribution is 2.42. The van der Waals surface area contributed by atoms with Crippen molar-refractivity contribution in [1.82, 2.24) is 9.97 Å². The fraction of sp³-hybridized carbons (Fsp3) is 0.167. The van der Waals surface area contributed by atoms with Gasteiger partial charge in [0.05, 0.1) is 23.1 Å². The Kier molecular flexibility index (Phi) is 2.97. The Morgan fingerprint density at radius 2 is 1.22 bits per heavy atom. The van der Waals surface area contributed by atoms with Gasteiger partial charge in [0.1, 0.15) is 0 Å². The van der Waals surface area contributed by atoms with E-state index in [0.29, 0.717) is 35.0 Å². The standard InChI is InChI=1S/C12H8Cl2N2O2/c13-5-7-1-3-9-11(15-7)18-10-4-2-8(6-14)16-12(10)17-9/h1-4H,5-6H2. The predicted molar refractivity (Wildman–Crippen MR) is 67.7 cm³/mol. The largest absolute Gasteiger partial charge is 0.430 e. The second-order valence-corrected chi connectivity index (χ2v) is 4.22. The summed E-state index contributed by atoms with van der Waals surface area (Å²) >= 11 is 11.4. The van der Waals surface area contributed by atoms with Crippen LogP contribution < -0.4 is 9.47 Å². The van der Waals surface area contributed by atoms with Gasteiger partial charge in [-0.25, -0.2) is 9.97 Å². The summed E-state index contributed by atoms with van der Waals surface area (Å²) < 4.78 is 11.2. The summed E-state index contributed by atoms with van der Waals surface area (Å²) in [6.45, 7) is 0. The van der Waals surface area contributed by atoms with Gasteiger partial charge in [-0.15, -0.1) is 23.2 Å². The first kappa shape index (κ1) is 11.6. The van der Waals surface area contributed by atoms with E-state index in [4.69, 9.17) is 32.7 Å². The van der Waals surface area contributed by atoms with Crippen LogP contribution in [0.25, 0.3) is 0 Å². The summed E-state index contributed by atoms with van der Waals surface area (Å²) in [6.07, 6.45) is 0. The zero-order valence-corrected chi connectivity index (χ0v) is 10.7. The molecule has 0 amide bonds. The molecular formula is C12H8Cl2N2O2. The average Bonchev–Trinajstić information content (AvgIpc) is 2.43. The lowest BCUT2D eigenvalue weighted by Gasteiger charge is -2.19. The number of ether oxygens (including phenoxy) is 2. The molecule has 0 bridgehead atoms. The number of hydrogen-bond acceptors (Lipinski definition) is 4. The van der Waals surface area contributed by atoms with Crippen LogP contribution in [0.15, 0.2) is 24.3 Å². The zero-order valence-electron chi connectivity index (χ0n) is 9.19. The van der Waals surface area contributed by atoms with Crippen LogP contribution in [0.2, 0.25) is 0 Å². The van der Waals surface area contributed by atoms with E-state index in [2.05, 4.69) is 9.97 Å². The molecule has 1 aliphatic heterocycles. The molecular weight excluding hydrogens is 275 g/mol. The van der Waals surface area contributed by atoms with Crippen LogP contribution in [0, 0.1) is 0 Å². The Balaban J connectivity index is 2.00. The highest BCUT2D eigenvalue weighted by Gasteiger charge is 2.21. The monoisotopic (exact) mass is 282 g/mol. The first-order valence-corrected chi connectivity index (χ1v) is 6.34. The molecule has 0 spiro atoms. The number of halogens is 2. The second-order valence-electron chi connectivity index (χ2n) is 3.68. The maximum Gasteiger partial charge on any atom is 0.263 e. The zero-order chi connectivity index (χ0) is 12.5. The number of pyridine rings is 2. The van der Waals surface area contributed by atoms with Gasteiger partial charge in [0, 0.05) is 0 Å². The van der Waals surface area contributed by atoms with Gasteiger partial charge in [0.15, 0.2) is 11.5 Å². The predicted octanol–water partition coefficient (Wildman–Crippen LogP) is 3.85. The summed E-state index contributed by atoms with van der Waals surface area (Å²) in [5.74, 6) is 2.51. The van der Waals surface area contributed by atoms with Crippen molar-refractivity contribution < 1.29 is 9.47 Å². The van der Waals surface area contributed by atoms with Gasteiger partial charge in [-0.3, -0.25) is 0 Å². The second kappa shape index (κ2) is 4.63. The molecule has 1 aliphatic rings. The Bertz CT molecular complexity index is 551. The molecule has 2 aromatic rings. The summed E-state index contributed by atoms with van der Waals surface area (Å²) in [5, 5.41) is 0. The Hall–Kier alpha value is -1.52. The lowest BCUT2D eigenvalue weighted by Crippen LogP contribution is -2.04. The van der Waals surface area contributed by atoms with Crippen molar-refractivity contribution in [2.45, 2.75) is 11.8 Å². The molecule has 0 radical (unpaired) electrons. The van der Waals surface area contributed by atoms with Crippen molar-refractivity contribution in [2.24, 2.45) is 0 Å². The van der Waals surface area contributed by atoms with Crippen molar-refractivity contribution in [3.8, 4) is 23.3 Å². The highest BCUT2D eigenvalue weighted by atomic mass is 35.5. The van der Waals surface area contributed by atoms with E-state index < -0.39 is 0 Å². The van der Waals surface area contributed by atoms with Crippen LogP contribution in [-0.4, -0.2) is 9.97 Å². The van der Waals surface area contributed by atoms with E-state index >= 15 is 0 Å². The molecule has 3 rings (SSSR count). The van der Waals surface area contributed by atoms with E-state index in [-0.39, 0.29) is 0 Å². The molecule has 0 atom stereocenters. The van der Waals surface area contributed by atoms with Crippen molar-refractivity contribution in [1.29, 1.82) is 0 Å². The summed E-state index contributed by atoms with van der Waals surface area (Å²) in [5.41, 5.74) is 1.46. The Morgan fingerprint density at radius 1 is 0.778 bits per heavy atom. The van der Waals surface area contributed by atoms with E-state index in [1.807, 2.05) is 0 Å². The smallest absolute Gasteiger partial charge is 0.263 e. The topological polar surface area (TPSA) is 44.2 Å². The molecule has 0 saturated heterocycles. The minimum atomic E-state index is 0.326. The molecule has 18 heavy (non-hydrogen) atoms. The fourth-order valence-electron chi connectivity index (χ4n) is 1.59. The minimum Gasteiger partial charge on any atom is -0.430 e. The van der Waals surface area contributed by atoms with Crippen molar-refractivity contribution in [3.63, 3.8) is 0 Å². The first-order chi connectivity index (χ1) is 8.80. The van der Waals surface area contributed by atoms with Crippen molar-refractivity contribution >= 4 is 23.2 Å². The van der Waals surface area contributed by atoms with Crippen molar-refractivity contribution in [2.75, 3.05) is 0 Å². The van der Waals surface area contributed by atoms with Crippen molar-refractivity contribution in [3.05, 3.63) is 35.7 Å². The molecule has 0 N–H and O–H groups in total. The van der Waals surface area contributed by atoms with Gasteiger partial charge in [-0.1, -0.05) is 0 Å². The number of rotatable bonds is 2. The van der Waals surface area contributed by atoms with Gasteiger partial charge in [0.2, 0.25) is 0 Å². The van der Waals surface area contributed by atoms with Crippen LogP contribution in [0.4, 0.5) is 0 Å². The number of hydrogen-bond donors (Lipinski definition) is 0. The SMILES string of the molecule is ClCc1ccc2c(n1)Oc1ccc(CCl)nc1O2. The van der Waals surface area contributed by atoms with Gasteiger partial charge in [0.25, 0.3) is 11.8 Å². The molecule has 0 fully saturated rings. The molecule has 92 valence electrons. The van der Waals surface area contributed by atoms with Crippen LogP contribution in [0.3, 0.4) is 0 Å². The summed E-state index contributed by atoms with van der Waals surface area (Å²) in [7, 11) is 0. The average molecular weight is 283 g/mol. The third-order valence-corrected chi connectivity index (χ3v) is 3.00. The van der Waals surface area contributed by atoms with Gasteiger partial charge < -0.3 is 9.47 Å².